The van der Waals surface area contributed by atoms with E-state index in [1.807, 2.05) is 97.1 Å². The van der Waals surface area contributed by atoms with E-state index in [0.29, 0.717) is 24.0 Å². The highest BCUT2D eigenvalue weighted by molar-refractivity contribution is 7.80. The lowest BCUT2D eigenvalue weighted by atomic mass is 9.78. The number of carbonyl (C=O) groups is 4. The van der Waals surface area contributed by atoms with Crippen molar-refractivity contribution in [2.45, 2.75) is 25.7 Å². The van der Waals surface area contributed by atoms with E-state index >= 15 is 0 Å². The summed E-state index contributed by atoms with van der Waals surface area (Å²) in [7, 11) is -2.20. The van der Waals surface area contributed by atoms with Crippen molar-refractivity contribution < 1.29 is 19.2 Å². The van der Waals surface area contributed by atoms with Crippen molar-refractivity contribution in [1.29, 1.82) is 0 Å². The number of carbonyl (C=O) groups excluding carboxylic acids is 4. The molecule has 6 aromatic carbocycles. The van der Waals surface area contributed by atoms with E-state index in [9.17, 15) is 19.2 Å². The third-order valence-electron chi connectivity index (χ3n) is 9.75. The van der Waals surface area contributed by atoms with Gasteiger partial charge in [-0.05, 0) is 72.6 Å². The molecule has 0 aliphatic heterocycles. The van der Waals surface area contributed by atoms with E-state index in [4.69, 9.17) is 0 Å². The number of imide groups is 2. The van der Waals surface area contributed by atoms with Gasteiger partial charge in [-0.2, -0.15) is 0 Å². The van der Waals surface area contributed by atoms with Gasteiger partial charge < -0.3 is 0 Å². The monoisotopic (exact) mass is 746 g/mol. The minimum Gasteiger partial charge on any atom is -0.292 e. The normalized spacial score (nSPS) is 15.4. The molecule has 268 valence electrons. The Hall–Kier alpha value is -5.54. The molecule has 0 spiro atoms. The van der Waals surface area contributed by atoms with Crippen molar-refractivity contribution in [1.82, 2.24) is 10.6 Å². The second-order valence-corrected chi connectivity index (χ2v) is 17.6. The summed E-state index contributed by atoms with van der Waals surface area (Å²) in [5.41, 5.74) is 0.836. The molecule has 7 rings (SSSR count). The van der Waals surface area contributed by atoms with Crippen LogP contribution >= 0.6 is 15.8 Å². The van der Waals surface area contributed by atoms with E-state index in [2.05, 4.69) is 59.2 Å². The molecule has 0 aromatic heterocycles. The van der Waals surface area contributed by atoms with Crippen molar-refractivity contribution in [2.75, 3.05) is 0 Å². The molecule has 1 aliphatic rings. The number of rotatable bonds is 10. The van der Waals surface area contributed by atoms with Gasteiger partial charge in [0.2, 0.25) is 11.8 Å². The van der Waals surface area contributed by atoms with Gasteiger partial charge in [-0.3, -0.25) is 29.8 Å². The molecule has 0 unspecified atom stereocenters. The Morgan fingerprint density at radius 2 is 0.667 bits per heavy atom. The summed E-state index contributed by atoms with van der Waals surface area (Å²) >= 11 is 0. The van der Waals surface area contributed by atoms with Crippen LogP contribution in [-0.2, 0) is 9.59 Å². The van der Waals surface area contributed by atoms with Crippen LogP contribution in [0.2, 0.25) is 0 Å². The van der Waals surface area contributed by atoms with Crippen LogP contribution in [0.3, 0.4) is 0 Å². The van der Waals surface area contributed by atoms with Crippen LogP contribution in [0, 0.1) is 11.8 Å². The van der Waals surface area contributed by atoms with Crippen LogP contribution in [0.25, 0.3) is 0 Å². The summed E-state index contributed by atoms with van der Waals surface area (Å²) in [5, 5.41) is 11.3. The van der Waals surface area contributed by atoms with E-state index < -0.39 is 51.3 Å². The van der Waals surface area contributed by atoms with E-state index in [1.54, 1.807) is 24.3 Å². The lowest BCUT2D eigenvalue weighted by Crippen LogP contribution is -2.47. The third kappa shape index (κ3) is 8.31. The summed E-state index contributed by atoms with van der Waals surface area (Å²) in [6.07, 6.45) is 2.37. The Bertz CT molecular complexity index is 1990. The lowest BCUT2D eigenvalue weighted by Gasteiger charge is -2.29. The molecule has 54 heavy (non-hydrogen) atoms. The molecule has 0 bridgehead atoms. The van der Waals surface area contributed by atoms with Crippen LogP contribution in [0.5, 0.6) is 0 Å². The molecule has 0 radical (unpaired) electrons. The summed E-state index contributed by atoms with van der Waals surface area (Å²) < 4.78 is 0. The van der Waals surface area contributed by atoms with Gasteiger partial charge in [0.1, 0.15) is 0 Å². The van der Waals surface area contributed by atoms with Gasteiger partial charge in [-0.1, -0.05) is 171 Å². The van der Waals surface area contributed by atoms with Gasteiger partial charge >= 0.3 is 0 Å². The van der Waals surface area contributed by atoms with Gasteiger partial charge in [-0.15, -0.1) is 0 Å². The first-order valence-electron chi connectivity index (χ1n) is 18.2. The molecule has 1 aliphatic carbocycles. The predicted molar refractivity (Wildman–Crippen MR) is 221 cm³/mol. The van der Waals surface area contributed by atoms with Crippen molar-refractivity contribution in [2.24, 2.45) is 11.8 Å². The molecule has 2 N–H and O–H groups in total. The molecule has 2 atom stereocenters. The topological polar surface area (TPSA) is 92.3 Å². The van der Waals surface area contributed by atoms with Crippen LogP contribution in [0.1, 0.15) is 46.4 Å². The van der Waals surface area contributed by atoms with Crippen molar-refractivity contribution in [3.05, 3.63) is 181 Å². The van der Waals surface area contributed by atoms with E-state index in [0.717, 1.165) is 44.7 Å². The maximum absolute atomic E-state index is 14.0. The maximum atomic E-state index is 14.0. The molecule has 8 heteroatoms. The molecule has 0 saturated heterocycles. The molecule has 4 amide bonds. The highest BCUT2D eigenvalue weighted by Gasteiger charge is 2.38. The number of benzene rings is 6. The lowest BCUT2D eigenvalue weighted by molar-refractivity contribution is -0.135. The van der Waals surface area contributed by atoms with Crippen LogP contribution in [-0.4, -0.2) is 23.6 Å². The van der Waals surface area contributed by atoms with Crippen LogP contribution < -0.4 is 42.5 Å². The Kier molecular flexibility index (Phi) is 11.9. The smallest absolute Gasteiger partial charge is 0.258 e. The Balaban J connectivity index is 1.11. The van der Waals surface area contributed by atoms with Gasteiger partial charge in [0.15, 0.2) is 0 Å². The molecule has 0 heterocycles. The van der Waals surface area contributed by atoms with Crippen molar-refractivity contribution in [3.63, 3.8) is 0 Å². The standard InChI is InChI=1S/C46H40N2O4P2/c49-43(47-45(51)39-29-15-17-31-41(39)53(33-19-5-1-6-20-33)34-21-7-2-8-22-34)37-27-13-14-28-38(37)44(50)48-46(52)40-30-16-18-32-42(40)54(35-23-9-3-10-24-35)36-25-11-4-12-26-36/h1-12,15-26,29-32,37-38H,13-14,27-28H2,(H,47,49,51)(H,48,50,52)/t37-,38-/m1/s1. The predicted octanol–water partition coefficient (Wildman–Crippen LogP) is 6.22. The zero-order valence-corrected chi connectivity index (χ0v) is 31.5. The maximum Gasteiger partial charge on any atom is 0.258 e. The Labute approximate surface area is 318 Å². The quantitative estimate of drug-likeness (QED) is 0.129. The van der Waals surface area contributed by atoms with Gasteiger partial charge in [-0.25, -0.2) is 0 Å². The van der Waals surface area contributed by atoms with Crippen LogP contribution in [0.15, 0.2) is 170 Å². The zero-order valence-electron chi connectivity index (χ0n) is 29.7. The number of hydrogen-bond donors (Lipinski definition) is 2. The highest BCUT2D eigenvalue weighted by Crippen LogP contribution is 2.36. The molecular weight excluding hydrogens is 706 g/mol. The van der Waals surface area contributed by atoms with E-state index in [1.165, 1.54) is 0 Å². The second kappa shape index (κ2) is 17.5. The highest BCUT2D eigenvalue weighted by atomic mass is 31.1. The average molecular weight is 747 g/mol. The zero-order chi connectivity index (χ0) is 37.3. The fourth-order valence-corrected chi connectivity index (χ4v) is 12.1. The summed E-state index contributed by atoms with van der Waals surface area (Å²) in [6, 6.07) is 55.1. The first kappa shape index (κ1) is 36.8. The number of amides is 4. The molecular formula is C46H40N2O4P2. The minimum absolute atomic E-state index is 0.418. The van der Waals surface area contributed by atoms with Gasteiger partial charge in [0.25, 0.3) is 11.8 Å². The van der Waals surface area contributed by atoms with Crippen molar-refractivity contribution in [3.8, 4) is 0 Å². The Morgan fingerprint density at radius 1 is 0.389 bits per heavy atom. The molecule has 6 aromatic rings. The van der Waals surface area contributed by atoms with Gasteiger partial charge in [0.05, 0.1) is 0 Å². The average Bonchev–Trinajstić information content (AvgIpc) is 3.23. The summed E-state index contributed by atoms with van der Waals surface area (Å²) in [6.45, 7) is 0. The number of nitrogens with one attached hydrogen (secondary N) is 2. The fraction of sp³-hybridized carbons (Fsp3) is 0.130. The fourth-order valence-electron chi connectivity index (χ4n) is 7.19. The summed E-state index contributed by atoms with van der Waals surface area (Å²) in [4.78, 5) is 55.9. The summed E-state index contributed by atoms with van der Waals surface area (Å²) in [5.74, 6) is -3.51. The van der Waals surface area contributed by atoms with Gasteiger partial charge in [0, 0.05) is 23.0 Å². The SMILES string of the molecule is O=C(NC(=O)[C@@H]1CCCC[C@H]1C(=O)NC(=O)c1ccccc1P(c1ccccc1)c1ccccc1)c1ccccc1P(c1ccccc1)c1ccccc1. The first-order chi connectivity index (χ1) is 26.5. The number of hydrogen-bond acceptors (Lipinski definition) is 4. The Morgan fingerprint density at radius 3 is 0.981 bits per heavy atom. The second-order valence-electron chi connectivity index (χ2n) is 13.2. The molecule has 1 fully saturated rings. The third-order valence-corrected chi connectivity index (χ3v) is 14.8. The molecule has 6 nitrogen and oxygen atoms in total. The largest absolute Gasteiger partial charge is 0.292 e. The van der Waals surface area contributed by atoms with E-state index in [-0.39, 0.29) is 0 Å². The minimum atomic E-state index is -1.10. The molecule has 1 saturated carbocycles. The van der Waals surface area contributed by atoms with Crippen molar-refractivity contribution >= 4 is 71.3 Å². The first-order valence-corrected chi connectivity index (χ1v) is 20.9. The van der Waals surface area contributed by atoms with Crippen LogP contribution in [0.4, 0.5) is 0 Å².